The molecule has 1 saturated heterocycles. The van der Waals surface area contributed by atoms with Gasteiger partial charge in [-0.05, 0) is 50.3 Å². The van der Waals surface area contributed by atoms with Crippen molar-refractivity contribution in [1.29, 1.82) is 0 Å². The van der Waals surface area contributed by atoms with Gasteiger partial charge in [0.05, 0.1) is 27.3 Å². The van der Waals surface area contributed by atoms with E-state index >= 15 is 13.2 Å². The summed E-state index contributed by atoms with van der Waals surface area (Å²) < 4.78 is 67.6. The van der Waals surface area contributed by atoms with E-state index in [1.165, 1.54) is 16.7 Å². The molecule has 16 heteroatoms. The lowest BCUT2D eigenvalue weighted by molar-refractivity contribution is -0.137. The highest BCUT2D eigenvalue weighted by atomic mass is 32.2. The molecule has 0 aliphatic carbocycles. The number of halogens is 4. The quantitative estimate of drug-likeness (QED) is 0.172. The Labute approximate surface area is 284 Å². The van der Waals surface area contributed by atoms with Gasteiger partial charge in [-0.2, -0.15) is 18.2 Å². The number of hydrogen-bond donors (Lipinski definition) is 1. The zero-order chi connectivity index (χ0) is 34.8. The molecule has 2 aliphatic heterocycles. The summed E-state index contributed by atoms with van der Waals surface area (Å²) in [5.74, 6) is -0.310. The molecule has 1 amide bonds. The maximum atomic E-state index is 15.2. The number of hydrogen-bond acceptors (Lipinski definition) is 9. The number of anilines is 1. The van der Waals surface area contributed by atoms with Gasteiger partial charge in [0.1, 0.15) is 24.0 Å². The third-order valence-corrected chi connectivity index (χ3v) is 10.9. The van der Waals surface area contributed by atoms with E-state index in [1.54, 1.807) is 34.3 Å². The molecule has 10 nitrogen and oxygen atoms in total. The Bertz CT molecular complexity index is 2240. The predicted molar refractivity (Wildman–Crippen MR) is 180 cm³/mol. The van der Waals surface area contributed by atoms with E-state index in [1.807, 2.05) is 13.8 Å². The van der Waals surface area contributed by atoms with Gasteiger partial charge < -0.3 is 19.5 Å². The van der Waals surface area contributed by atoms with Crippen LogP contribution in [0.4, 0.5) is 23.4 Å². The van der Waals surface area contributed by atoms with Gasteiger partial charge in [0, 0.05) is 64.7 Å². The average molecular weight is 713 g/mol. The molecule has 254 valence electrons. The van der Waals surface area contributed by atoms with Gasteiger partial charge in [-0.1, -0.05) is 17.9 Å². The Morgan fingerprint density at radius 3 is 2.53 bits per heavy atom. The zero-order valence-electron chi connectivity index (χ0n) is 26.1. The number of thiazole rings is 1. The summed E-state index contributed by atoms with van der Waals surface area (Å²) in [6.45, 7) is 7.61. The first kappa shape index (κ1) is 32.8. The molecule has 49 heavy (non-hydrogen) atoms. The fraction of sp³-hybridized carbons (Fsp3) is 0.303. The second-order valence-corrected chi connectivity index (χ2v) is 13.9. The number of benzene rings is 2. The number of pyridine rings is 1. The summed E-state index contributed by atoms with van der Waals surface area (Å²) in [5.41, 5.74) is -1.84. The van der Waals surface area contributed by atoms with Gasteiger partial charge in [-0.15, -0.1) is 11.8 Å². The number of alkyl halides is 3. The van der Waals surface area contributed by atoms with Crippen LogP contribution in [0, 0.1) is 5.82 Å². The largest absolute Gasteiger partial charge is 0.491 e. The monoisotopic (exact) mass is 712 g/mol. The van der Waals surface area contributed by atoms with Crippen molar-refractivity contribution in [1.82, 2.24) is 24.4 Å². The Hall–Kier alpha value is -4.70. The molecule has 0 saturated carbocycles. The SMILES string of the molecule is C=CC(=O)N1[C@H](C)CN(c2nc(=O)n3c4c(c(-c5ccc(F)c6sc(=O)[nH]c56)c(C(F)(F)F)cc24)SC[C@@H]3COc2ccncc2)C[C@@H]1C. The summed E-state index contributed by atoms with van der Waals surface area (Å²) in [5, 5.41) is 0.0897. The maximum absolute atomic E-state index is 15.2. The van der Waals surface area contributed by atoms with Crippen LogP contribution in [0.3, 0.4) is 0 Å². The fourth-order valence-corrected chi connectivity index (χ4v) is 8.90. The number of fused-ring (bicyclic) bond motifs is 1. The molecular weight excluding hydrogens is 685 g/mol. The Morgan fingerprint density at radius 1 is 1.14 bits per heavy atom. The van der Waals surface area contributed by atoms with Crippen LogP contribution in [0.2, 0.25) is 0 Å². The number of nitrogens with one attached hydrogen (secondary N) is 1. The summed E-state index contributed by atoms with van der Waals surface area (Å²) in [6.07, 6.45) is -0.582. The van der Waals surface area contributed by atoms with Crippen molar-refractivity contribution in [3.8, 4) is 16.9 Å². The Kier molecular flexibility index (Phi) is 8.25. The van der Waals surface area contributed by atoms with E-state index in [0.29, 0.717) is 17.1 Å². The second-order valence-electron chi connectivity index (χ2n) is 11.9. The van der Waals surface area contributed by atoms with Gasteiger partial charge >= 0.3 is 16.7 Å². The van der Waals surface area contributed by atoms with Crippen molar-refractivity contribution in [2.24, 2.45) is 0 Å². The third kappa shape index (κ3) is 5.65. The molecule has 5 heterocycles. The number of rotatable bonds is 6. The van der Waals surface area contributed by atoms with E-state index in [2.05, 4.69) is 21.5 Å². The van der Waals surface area contributed by atoms with Crippen LogP contribution in [0.25, 0.3) is 32.2 Å². The van der Waals surface area contributed by atoms with E-state index in [4.69, 9.17) is 4.74 Å². The number of thioether (sulfide) groups is 1. The fourth-order valence-electron chi connectivity index (χ4n) is 6.82. The minimum absolute atomic E-state index is 0.0118. The topological polar surface area (TPSA) is 113 Å². The predicted octanol–water partition coefficient (Wildman–Crippen LogP) is 5.86. The number of carbonyl (C=O) groups is 1. The second kappa shape index (κ2) is 12.3. The highest BCUT2D eigenvalue weighted by molar-refractivity contribution is 7.99. The summed E-state index contributed by atoms with van der Waals surface area (Å²) in [7, 11) is 0. The van der Waals surface area contributed by atoms with Crippen LogP contribution in [0.1, 0.15) is 25.5 Å². The van der Waals surface area contributed by atoms with Crippen LogP contribution >= 0.6 is 23.1 Å². The minimum atomic E-state index is -4.90. The molecule has 1 fully saturated rings. The molecule has 3 atom stereocenters. The van der Waals surface area contributed by atoms with Crippen LogP contribution in [0.15, 0.2) is 69.9 Å². The van der Waals surface area contributed by atoms with Crippen LogP contribution < -0.4 is 20.2 Å². The first-order valence-corrected chi connectivity index (χ1v) is 17.0. The van der Waals surface area contributed by atoms with Gasteiger partial charge in [0.25, 0.3) is 0 Å². The molecule has 1 N–H and O–H groups in total. The summed E-state index contributed by atoms with van der Waals surface area (Å²) in [6, 6.07) is 5.17. The average Bonchev–Trinajstić information content (AvgIpc) is 3.47. The number of aromatic amines is 1. The molecule has 0 bridgehead atoms. The molecule has 7 rings (SSSR count). The van der Waals surface area contributed by atoms with Gasteiger partial charge in [0.15, 0.2) is 0 Å². The maximum Gasteiger partial charge on any atom is 0.417 e. The minimum Gasteiger partial charge on any atom is -0.491 e. The number of ether oxygens (including phenoxy) is 1. The highest BCUT2D eigenvalue weighted by Crippen LogP contribution is 2.51. The van der Waals surface area contributed by atoms with Crippen molar-refractivity contribution in [2.75, 3.05) is 30.3 Å². The third-order valence-electron chi connectivity index (χ3n) is 8.78. The van der Waals surface area contributed by atoms with Crippen LogP contribution in [-0.4, -0.2) is 67.9 Å². The molecule has 0 unspecified atom stereocenters. The lowest BCUT2D eigenvalue weighted by Crippen LogP contribution is -2.58. The first-order chi connectivity index (χ1) is 23.4. The first-order valence-electron chi connectivity index (χ1n) is 15.2. The lowest BCUT2D eigenvalue weighted by Gasteiger charge is -2.45. The molecule has 0 spiro atoms. The normalized spacial score (nSPS) is 19.4. The highest BCUT2D eigenvalue weighted by Gasteiger charge is 2.41. The molecule has 5 aromatic rings. The summed E-state index contributed by atoms with van der Waals surface area (Å²) >= 11 is 1.69. The summed E-state index contributed by atoms with van der Waals surface area (Å²) in [4.78, 5) is 52.8. The van der Waals surface area contributed by atoms with Gasteiger partial charge in [-0.25, -0.2) is 9.18 Å². The molecular formula is C33H28F4N6O4S2. The van der Waals surface area contributed by atoms with Crippen molar-refractivity contribution in [2.45, 2.75) is 43.0 Å². The van der Waals surface area contributed by atoms with E-state index < -0.39 is 34.2 Å². The zero-order valence-corrected chi connectivity index (χ0v) is 27.7. The standard InChI is InChI=1S/C33H28F4N6O4S2/c1-4-24(44)42-16(2)12-41(13-17(42)3)30-21-11-22(33(35,36)37)25(20-5-6-23(34)28-26(20)39-32(46)49-28)29-27(21)43(31(45)40-30)18(15-48-29)14-47-19-7-9-38-10-8-19/h4-11,16-18H,1,12-15H2,2-3H3,(H,39,46)/t16-,17+,18-/m0/s1. The van der Waals surface area contributed by atoms with Gasteiger partial charge in [-0.3, -0.25) is 19.1 Å². The number of H-pyrrole nitrogens is 1. The molecule has 0 radical (unpaired) electrons. The molecule has 2 aliphatic rings. The van der Waals surface area contributed by atoms with Gasteiger partial charge in [0.2, 0.25) is 5.91 Å². The number of nitrogens with zero attached hydrogens (tertiary/aromatic N) is 5. The molecule has 3 aromatic heterocycles. The number of piperazine rings is 1. The van der Waals surface area contributed by atoms with Crippen molar-refractivity contribution in [3.63, 3.8) is 0 Å². The van der Waals surface area contributed by atoms with Crippen molar-refractivity contribution >= 4 is 55.9 Å². The van der Waals surface area contributed by atoms with E-state index in [9.17, 15) is 18.8 Å². The molecule has 2 aromatic carbocycles. The van der Waals surface area contributed by atoms with Crippen LogP contribution in [-0.2, 0) is 11.0 Å². The Balaban J connectivity index is 1.50. The number of carbonyl (C=O) groups excluding carboxylic acids is 1. The number of aromatic nitrogens is 4. The van der Waals surface area contributed by atoms with Crippen molar-refractivity contribution < 1.29 is 27.1 Å². The van der Waals surface area contributed by atoms with E-state index in [-0.39, 0.29) is 86.4 Å². The smallest absolute Gasteiger partial charge is 0.417 e. The van der Waals surface area contributed by atoms with E-state index in [0.717, 1.165) is 23.9 Å². The Morgan fingerprint density at radius 2 is 1.86 bits per heavy atom. The van der Waals surface area contributed by atoms with Crippen LogP contribution in [0.5, 0.6) is 5.75 Å². The van der Waals surface area contributed by atoms with Crippen molar-refractivity contribution in [3.05, 3.63) is 86.9 Å². The lowest BCUT2D eigenvalue weighted by atomic mass is 9.95. The number of amides is 1.